The first-order valence-corrected chi connectivity index (χ1v) is 7.24. The van der Waals surface area contributed by atoms with Crippen molar-refractivity contribution in [2.24, 2.45) is 0 Å². The summed E-state index contributed by atoms with van der Waals surface area (Å²) in [5.41, 5.74) is 1.97. The second kappa shape index (κ2) is 5.12. The molecule has 1 aliphatic carbocycles. The van der Waals surface area contributed by atoms with Crippen molar-refractivity contribution in [2.75, 3.05) is 0 Å². The molecule has 3 heteroatoms. The van der Waals surface area contributed by atoms with E-state index in [0.717, 1.165) is 30.6 Å². The lowest BCUT2D eigenvalue weighted by Gasteiger charge is -2.41. The Morgan fingerprint density at radius 2 is 2.00 bits per heavy atom. The van der Waals surface area contributed by atoms with E-state index in [1.54, 1.807) is 0 Å². The van der Waals surface area contributed by atoms with Gasteiger partial charge in [-0.1, -0.05) is 32.9 Å². The Morgan fingerprint density at radius 1 is 1.35 bits per heavy atom. The highest BCUT2D eigenvalue weighted by Crippen LogP contribution is 2.40. The lowest BCUT2D eigenvalue weighted by atomic mass is 9.77. The maximum atomic E-state index is 11.0. The number of benzene rings is 1. The van der Waals surface area contributed by atoms with E-state index in [9.17, 15) is 4.79 Å². The Hall–Kier alpha value is -1.51. The monoisotopic (exact) mass is 276 g/mol. The van der Waals surface area contributed by atoms with Crippen LogP contribution in [0.2, 0.25) is 0 Å². The molecule has 0 bridgehead atoms. The van der Waals surface area contributed by atoms with Gasteiger partial charge in [0.15, 0.2) is 0 Å². The van der Waals surface area contributed by atoms with Crippen LogP contribution in [0.1, 0.15) is 57.6 Å². The summed E-state index contributed by atoms with van der Waals surface area (Å²) in [5.74, 6) is 0.0348. The molecule has 1 saturated carbocycles. The summed E-state index contributed by atoms with van der Waals surface area (Å²) in [7, 11) is 0. The third-order valence-electron chi connectivity index (χ3n) is 4.11. The molecule has 0 amide bonds. The van der Waals surface area contributed by atoms with Gasteiger partial charge in [0.05, 0.1) is 6.42 Å². The minimum absolute atomic E-state index is 0.0907. The predicted octanol–water partition coefficient (Wildman–Crippen LogP) is 4.07. The van der Waals surface area contributed by atoms with Gasteiger partial charge in [-0.25, -0.2) is 0 Å². The Bertz CT molecular complexity index is 507. The molecule has 0 radical (unpaired) electrons. The summed E-state index contributed by atoms with van der Waals surface area (Å²) < 4.78 is 6.07. The molecule has 20 heavy (non-hydrogen) atoms. The molecule has 0 atom stereocenters. The zero-order valence-electron chi connectivity index (χ0n) is 12.8. The number of carboxylic acids is 1. The molecule has 1 aliphatic rings. The number of aryl methyl sites for hydroxylation is 1. The molecule has 0 heterocycles. The van der Waals surface area contributed by atoms with E-state index in [4.69, 9.17) is 9.84 Å². The molecular weight excluding hydrogens is 252 g/mol. The number of carbonyl (C=O) groups is 1. The van der Waals surface area contributed by atoms with Crippen LogP contribution in [0.3, 0.4) is 0 Å². The van der Waals surface area contributed by atoms with Crippen LogP contribution in [0.25, 0.3) is 0 Å². The molecule has 1 aromatic rings. The minimum atomic E-state index is -0.784. The van der Waals surface area contributed by atoms with Crippen molar-refractivity contribution in [1.82, 2.24) is 0 Å². The van der Waals surface area contributed by atoms with Gasteiger partial charge in [0.2, 0.25) is 0 Å². The van der Waals surface area contributed by atoms with Crippen LogP contribution in [-0.4, -0.2) is 16.7 Å². The second-order valence-corrected chi connectivity index (χ2v) is 6.94. The van der Waals surface area contributed by atoms with E-state index in [2.05, 4.69) is 32.9 Å². The second-order valence-electron chi connectivity index (χ2n) is 6.94. The van der Waals surface area contributed by atoms with E-state index >= 15 is 0 Å². The predicted molar refractivity (Wildman–Crippen MR) is 79.3 cm³/mol. The molecule has 2 rings (SSSR count). The number of hydrogen-bond donors (Lipinski definition) is 1. The van der Waals surface area contributed by atoms with E-state index in [-0.39, 0.29) is 11.8 Å². The van der Waals surface area contributed by atoms with Crippen molar-refractivity contribution in [3.8, 4) is 5.75 Å². The highest BCUT2D eigenvalue weighted by Gasteiger charge is 2.41. The van der Waals surface area contributed by atoms with E-state index < -0.39 is 11.6 Å². The fraction of sp³-hybridized carbons (Fsp3) is 0.588. The minimum Gasteiger partial charge on any atom is -0.486 e. The van der Waals surface area contributed by atoms with Gasteiger partial charge in [-0.15, -0.1) is 0 Å². The first kappa shape index (κ1) is 14.9. The molecule has 1 aromatic carbocycles. The van der Waals surface area contributed by atoms with Gasteiger partial charge in [-0.05, 0) is 48.8 Å². The number of carboxylic acid groups (broad SMARTS) is 1. The summed E-state index contributed by atoms with van der Waals surface area (Å²) in [4.78, 5) is 11.0. The number of aliphatic carboxylic acids is 1. The number of ether oxygens (including phenoxy) is 1. The molecule has 0 aromatic heterocycles. The highest BCUT2D eigenvalue weighted by atomic mass is 16.5. The van der Waals surface area contributed by atoms with Crippen molar-refractivity contribution in [2.45, 2.75) is 64.4 Å². The SMILES string of the molecule is Cc1cc(C(C)(C)C)ccc1OC1(CC(=O)O)CCC1. The first-order chi connectivity index (χ1) is 9.22. The molecule has 0 saturated heterocycles. The summed E-state index contributed by atoms with van der Waals surface area (Å²) in [6, 6.07) is 6.20. The summed E-state index contributed by atoms with van der Waals surface area (Å²) in [6.07, 6.45) is 2.80. The van der Waals surface area contributed by atoms with Gasteiger partial charge in [0, 0.05) is 0 Å². The van der Waals surface area contributed by atoms with Gasteiger partial charge >= 0.3 is 5.97 Å². The molecule has 1 fully saturated rings. The van der Waals surface area contributed by atoms with Crippen molar-refractivity contribution in [3.63, 3.8) is 0 Å². The summed E-state index contributed by atoms with van der Waals surface area (Å²) in [5, 5.41) is 9.03. The Balaban J connectivity index is 2.19. The molecule has 3 nitrogen and oxygen atoms in total. The Kier molecular flexibility index (Phi) is 3.81. The van der Waals surface area contributed by atoms with Crippen molar-refractivity contribution in [3.05, 3.63) is 29.3 Å². The Morgan fingerprint density at radius 3 is 2.40 bits per heavy atom. The zero-order chi connectivity index (χ0) is 15.0. The third kappa shape index (κ3) is 3.14. The lowest BCUT2D eigenvalue weighted by molar-refractivity contribution is -0.144. The molecule has 110 valence electrons. The fourth-order valence-electron chi connectivity index (χ4n) is 2.63. The zero-order valence-corrected chi connectivity index (χ0v) is 12.8. The van der Waals surface area contributed by atoms with Crippen molar-refractivity contribution in [1.29, 1.82) is 0 Å². The fourth-order valence-corrected chi connectivity index (χ4v) is 2.63. The van der Waals surface area contributed by atoms with E-state index in [0.29, 0.717) is 0 Å². The third-order valence-corrected chi connectivity index (χ3v) is 4.11. The van der Waals surface area contributed by atoms with E-state index in [1.807, 2.05) is 13.0 Å². The van der Waals surface area contributed by atoms with Gasteiger partial charge < -0.3 is 9.84 Å². The average Bonchev–Trinajstić information content (AvgIpc) is 2.26. The van der Waals surface area contributed by atoms with Crippen LogP contribution in [0, 0.1) is 6.92 Å². The normalized spacial score (nSPS) is 17.4. The number of rotatable bonds is 4. The smallest absolute Gasteiger partial charge is 0.307 e. The topological polar surface area (TPSA) is 46.5 Å². The standard InChI is InChI=1S/C17H24O3/c1-12-10-13(16(2,3)4)6-7-14(12)20-17(8-5-9-17)11-15(18)19/h6-7,10H,5,8-9,11H2,1-4H3,(H,18,19). The van der Waals surface area contributed by atoms with Gasteiger partial charge in [0.25, 0.3) is 0 Å². The quantitative estimate of drug-likeness (QED) is 0.901. The molecule has 0 aliphatic heterocycles. The van der Waals surface area contributed by atoms with Crippen molar-refractivity contribution >= 4 is 5.97 Å². The average molecular weight is 276 g/mol. The molecular formula is C17H24O3. The molecule has 0 spiro atoms. The molecule has 1 N–H and O–H groups in total. The van der Waals surface area contributed by atoms with Crippen LogP contribution in [0.5, 0.6) is 5.75 Å². The highest BCUT2D eigenvalue weighted by molar-refractivity contribution is 5.68. The molecule has 0 unspecified atom stereocenters. The van der Waals surface area contributed by atoms with Crippen LogP contribution in [0.4, 0.5) is 0 Å². The van der Waals surface area contributed by atoms with Gasteiger partial charge in [-0.2, -0.15) is 0 Å². The number of hydrogen-bond acceptors (Lipinski definition) is 2. The summed E-state index contributed by atoms with van der Waals surface area (Å²) in [6.45, 7) is 8.57. The van der Waals surface area contributed by atoms with Crippen LogP contribution < -0.4 is 4.74 Å². The maximum Gasteiger partial charge on any atom is 0.307 e. The van der Waals surface area contributed by atoms with Crippen LogP contribution in [0.15, 0.2) is 18.2 Å². The van der Waals surface area contributed by atoms with Crippen LogP contribution >= 0.6 is 0 Å². The maximum absolute atomic E-state index is 11.0. The largest absolute Gasteiger partial charge is 0.486 e. The lowest BCUT2D eigenvalue weighted by Crippen LogP contribution is -2.45. The van der Waals surface area contributed by atoms with Gasteiger partial charge in [-0.3, -0.25) is 4.79 Å². The van der Waals surface area contributed by atoms with Crippen molar-refractivity contribution < 1.29 is 14.6 Å². The Labute approximate surface area is 121 Å². The summed E-state index contributed by atoms with van der Waals surface area (Å²) >= 11 is 0. The van der Waals surface area contributed by atoms with Crippen LogP contribution in [-0.2, 0) is 10.2 Å². The van der Waals surface area contributed by atoms with Gasteiger partial charge in [0.1, 0.15) is 11.4 Å². The first-order valence-electron chi connectivity index (χ1n) is 7.24. The van der Waals surface area contributed by atoms with E-state index in [1.165, 1.54) is 5.56 Å².